The Hall–Kier alpha value is 0.110. The van der Waals surface area contributed by atoms with Crippen LogP contribution in [0, 0.1) is 0 Å². The molecule has 0 rings (SSSR count). The molecule has 0 spiro atoms. The molecular weight excluding hydrogens is 275 g/mol. The van der Waals surface area contributed by atoms with Crippen LogP contribution in [0.15, 0.2) is 0 Å². The van der Waals surface area contributed by atoms with Crippen molar-refractivity contribution in [2.24, 2.45) is 0 Å². The van der Waals surface area contributed by atoms with Gasteiger partial charge in [-0.1, -0.05) is 41.5 Å². The summed E-state index contributed by atoms with van der Waals surface area (Å²) < 4.78 is 30.1. The van der Waals surface area contributed by atoms with Gasteiger partial charge < -0.3 is 0 Å². The minimum absolute atomic E-state index is 0.0791. The van der Waals surface area contributed by atoms with Crippen LogP contribution < -0.4 is 0 Å². The third-order valence-corrected chi connectivity index (χ3v) is 5.24. The van der Waals surface area contributed by atoms with Crippen molar-refractivity contribution in [3.63, 3.8) is 0 Å². The van der Waals surface area contributed by atoms with E-state index in [4.69, 9.17) is 13.6 Å². The first-order valence-electron chi connectivity index (χ1n) is 8.13. The van der Waals surface area contributed by atoms with E-state index in [-0.39, 0.29) is 18.3 Å². The molecule has 0 amide bonds. The zero-order valence-corrected chi connectivity index (χ0v) is 14.9. The van der Waals surface area contributed by atoms with Gasteiger partial charge in [0.15, 0.2) is 0 Å². The fourth-order valence-electron chi connectivity index (χ4n) is 1.94. The molecule has 0 aromatic heterocycles. The SMILES string of the molecule is CCC(CC)OP(=O)(OC(CC)CC)OC(CC)CC. The minimum Gasteiger partial charge on any atom is -0.284 e. The predicted molar refractivity (Wildman–Crippen MR) is 84.0 cm³/mol. The summed E-state index contributed by atoms with van der Waals surface area (Å²) in [7, 11) is -3.49. The lowest BCUT2D eigenvalue weighted by molar-refractivity contribution is 0.0252. The van der Waals surface area contributed by atoms with E-state index < -0.39 is 7.82 Å². The molecule has 0 saturated heterocycles. The van der Waals surface area contributed by atoms with Gasteiger partial charge in [0.2, 0.25) is 0 Å². The Morgan fingerprint density at radius 2 is 0.800 bits per heavy atom. The summed E-state index contributed by atoms with van der Waals surface area (Å²) in [6, 6.07) is 0. The van der Waals surface area contributed by atoms with Crippen molar-refractivity contribution in [3.05, 3.63) is 0 Å². The molecule has 0 N–H and O–H groups in total. The molecule has 0 unspecified atom stereocenters. The molecule has 0 aliphatic heterocycles. The van der Waals surface area contributed by atoms with Crippen molar-refractivity contribution < 1.29 is 18.1 Å². The molecule has 0 heterocycles. The minimum atomic E-state index is -3.49. The van der Waals surface area contributed by atoms with Crippen molar-refractivity contribution in [1.82, 2.24) is 0 Å². The van der Waals surface area contributed by atoms with Crippen LogP contribution >= 0.6 is 7.82 Å². The Bertz CT molecular complexity index is 228. The molecule has 0 fully saturated rings. The Morgan fingerprint density at radius 3 is 0.950 bits per heavy atom. The monoisotopic (exact) mass is 308 g/mol. The number of hydrogen-bond acceptors (Lipinski definition) is 4. The number of phosphoric acid groups is 1. The van der Waals surface area contributed by atoms with E-state index in [0.717, 1.165) is 38.5 Å². The maximum absolute atomic E-state index is 12.9. The van der Waals surface area contributed by atoms with Crippen LogP contribution in [-0.4, -0.2) is 18.3 Å². The third kappa shape index (κ3) is 7.21. The van der Waals surface area contributed by atoms with Crippen LogP contribution in [0.1, 0.15) is 80.1 Å². The zero-order chi connectivity index (χ0) is 15.6. The smallest absolute Gasteiger partial charge is 0.284 e. The molecule has 0 aromatic rings. The van der Waals surface area contributed by atoms with E-state index in [1.807, 2.05) is 41.5 Å². The molecule has 0 saturated carbocycles. The van der Waals surface area contributed by atoms with Crippen LogP contribution in [0.2, 0.25) is 0 Å². The van der Waals surface area contributed by atoms with Gasteiger partial charge in [0.25, 0.3) is 0 Å². The zero-order valence-electron chi connectivity index (χ0n) is 14.1. The first-order chi connectivity index (χ1) is 9.48. The lowest BCUT2D eigenvalue weighted by atomic mass is 10.2. The standard InChI is InChI=1S/C15H33O4P/c1-7-13(8-2)17-20(16,18-14(9-3)10-4)19-15(11-5)12-6/h13-15H,7-12H2,1-6H3. The molecule has 0 aliphatic carbocycles. The molecule has 0 aliphatic rings. The summed E-state index contributed by atoms with van der Waals surface area (Å²) in [5, 5.41) is 0. The molecule has 0 radical (unpaired) electrons. The topological polar surface area (TPSA) is 44.8 Å². The van der Waals surface area contributed by atoms with E-state index in [0.29, 0.717) is 0 Å². The van der Waals surface area contributed by atoms with Crippen LogP contribution in [0.3, 0.4) is 0 Å². The van der Waals surface area contributed by atoms with E-state index in [1.54, 1.807) is 0 Å². The summed E-state index contributed by atoms with van der Waals surface area (Å²) in [5.74, 6) is 0. The average Bonchev–Trinajstić information content (AvgIpc) is 2.48. The van der Waals surface area contributed by atoms with Crippen molar-refractivity contribution >= 4 is 7.82 Å². The predicted octanol–water partition coefficient (Wildman–Crippen LogP) is 5.71. The van der Waals surface area contributed by atoms with Gasteiger partial charge in [0.05, 0.1) is 18.3 Å². The van der Waals surface area contributed by atoms with Gasteiger partial charge >= 0.3 is 7.82 Å². The van der Waals surface area contributed by atoms with Crippen molar-refractivity contribution in [2.75, 3.05) is 0 Å². The van der Waals surface area contributed by atoms with Gasteiger partial charge in [-0.15, -0.1) is 0 Å². The van der Waals surface area contributed by atoms with Crippen LogP contribution in [0.4, 0.5) is 0 Å². The quantitative estimate of drug-likeness (QED) is 0.433. The highest BCUT2D eigenvalue weighted by Gasteiger charge is 2.34. The number of rotatable bonds is 12. The summed E-state index contributed by atoms with van der Waals surface area (Å²) in [6.07, 6.45) is 4.59. The summed E-state index contributed by atoms with van der Waals surface area (Å²) >= 11 is 0. The molecule has 4 nitrogen and oxygen atoms in total. The summed E-state index contributed by atoms with van der Waals surface area (Å²) in [6.45, 7) is 12.1. The van der Waals surface area contributed by atoms with Gasteiger partial charge in [-0.2, -0.15) is 0 Å². The van der Waals surface area contributed by atoms with Crippen molar-refractivity contribution in [2.45, 2.75) is 98.4 Å². The molecule has 0 aromatic carbocycles. The maximum Gasteiger partial charge on any atom is 0.475 e. The average molecular weight is 308 g/mol. The van der Waals surface area contributed by atoms with Gasteiger partial charge in [0, 0.05) is 0 Å². The van der Waals surface area contributed by atoms with Gasteiger partial charge in [-0.3, -0.25) is 13.6 Å². The summed E-state index contributed by atoms with van der Waals surface area (Å²) in [5.41, 5.74) is 0. The number of phosphoric ester groups is 1. The first kappa shape index (κ1) is 20.1. The number of hydrogen-bond donors (Lipinski definition) is 0. The van der Waals surface area contributed by atoms with Crippen molar-refractivity contribution in [3.8, 4) is 0 Å². The van der Waals surface area contributed by atoms with E-state index in [2.05, 4.69) is 0 Å². The highest BCUT2D eigenvalue weighted by atomic mass is 31.2. The highest BCUT2D eigenvalue weighted by Crippen LogP contribution is 2.54. The highest BCUT2D eigenvalue weighted by molar-refractivity contribution is 7.48. The normalized spacial score (nSPS) is 12.8. The van der Waals surface area contributed by atoms with E-state index in [1.165, 1.54) is 0 Å². The molecule has 20 heavy (non-hydrogen) atoms. The second kappa shape index (κ2) is 10.8. The second-order valence-corrected chi connectivity index (χ2v) is 6.61. The Morgan fingerprint density at radius 1 is 0.600 bits per heavy atom. The summed E-state index contributed by atoms with van der Waals surface area (Å²) in [4.78, 5) is 0. The lowest BCUT2D eigenvalue weighted by Crippen LogP contribution is -2.19. The van der Waals surface area contributed by atoms with Gasteiger partial charge in [-0.05, 0) is 38.5 Å². The van der Waals surface area contributed by atoms with Crippen molar-refractivity contribution in [1.29, 1.82) is 0 Å². The lowest BCUT2D eigenvalue weighted by Gasteiger charge is -2.28. The third-order valence-electron chi connectivity index (χ3n) is 3.57. The largest absolute Gasteiger partial charge is 0.475 e. The molecule has 5 heteroatoms. The fraction of sp³-hybridized carbons (Fsp3) is 1.00. The van der Waals surface area contributed by atoms with Gasteiger partial charge in [0.1, 0.15) is 0 Å². The maximum atomic E-state index is 12.9. The Kier molecular flexibility index (Phi) is 10.8. The van der Waals surface area contributed by atoms with Gasteiger partial charge in [-0.25, -0.2) is 4.57 Å². The Labute approximate surface area is 125 Å². The van der Waals surface area contributed by atoms with Crippen LogP contribution in [0.25, 0.3) is 0 Å². The first-order valence-corrected chi connectivity index (χ1v) is 9.59. The molecule has 0 atom stereocenters. The molecule has 122 valence electrons. The van der Waals surface area contributed by atoms with Crippen LogP contribution in [-0.2, 0) is 18.1 Å². The fourth-order valence-corrected chi connectivity index (χ4v) is 4.07. The molecular formula is C15H33O4P. The van der Waals surface area contributed by atoms with E-state index in [9.17, 15) is 4.57 Å². The Balaban J connectivity index is 4.95. The second-order valence-electron chi connectivity index (χ2n) is 5.08. The molecule has 0 bridgehead atoms. The van der Waals surface area contributed by atoms with Crippen LogP contribution in [0.5, 0.6) is 0 Å². The van der Waals surface area contributed by atoms with E-state index >= 15 is 0 Å².